The number of rotatable bonds is 5. The van der Waals surface area contributed by atoms with Crippen LogP contribution in [-0.2, 0) is 10.0 Å². The summed E-state index contributed by atoms with van der Waals surface area (Å²) in [5, 5.41) is 11.1. The van der Waals surface area contributed by atoms with Crippen LogP contribution in [0.1, 0.15) is 12.2 Å². The van der Waals surface area contributed by atoms with Crippen LogP contribution < -0.4 is 5.73 Å². The first-order valence-corrected chi connectivity index (χ1v) is 6.26. The smallest absolute Gasteiger partial charge is 0.259 e. The SMILES string of the molecule is Cc1ncc(S(=O)(=O)N(C)CCC(N)=NO)[nH]1. The molecule has 0 amide bonds. The van der Waals surface area contributed by atoms with Crippen LogP contribution in [-0.4, -0.2) is 47.3 Å². The summed E-state index contributed by atoms with van der Waals surface area (Å²) in [4.78, 5) is 6.47. The van der Waals surface area contributed by atoms with E-state index >= 15 is 0 Å². The van der Waals surface area contributed by atoms with Gasteiger partial charge in [0.25, 0.3) is 10.0 Å². The van der Waals surface area contributed by atoms with Crippen molar-refractivity contribution in [1.29, 1.82) is 0 Å². The highest BCUT2D eigenvalue weighted by molar-refractivity contribution is 7.89. The van der Waals surface area contributed by atoms with Gasteiger partial charge in [0.15, 0.2) is 5.03 Å². The standard InChI is InChI=1S/C8H15N5O3S/c1-6-10-5-8(11-6)17(15,16)13(2)4-3-7(9)12-14/h5,14H,3-4H2,1-2H3,(H2,9,12)(H,10,11). The predicted octanol–water partition coefficient (Wildman–Crippen LogP) is -0.525. The second kappa shape index (κ2) is 5.15. The molecule has 0 radical (unpaired) electrons. The van der Waals surface area contributed by atoms with Crippen molar-refractivity contribution in [2.45, 2.75) is 18.4 Å². The highest BCUT2D eigenvalue weighted by Gasteiger charge is 2.22. The van der Waals surface area contributed by atoms with E-state index < -0.39 is 10.0 Å². The Morgan fingerprint density at radius 2 is 2.35 bits per heavy atom. The Kier molecular flexibility index (Phi) is 4.07. The molecule has 0 bridgehead atoms. The molecule has 17 heavy (non-hydrogen) atoms. The van der Waals surface area contributed by atoms with Crippen molar-refractivity contribution in [2.24, 2.45) is 10.9 Å². The van der Waals surface area contributed by atoms with Gasteiger partial charge >= 0.3 is 0 Å². The molecule has 0 aliphatic rings. The zero-order chi connectivity index (χ0) is 13.1. The van der Waals surface area contributed by atoms with Gasteiger partial charge in [-0.15, -0.1) is 0 Å². The average Bonchev–Trinajstić information content (AvgIpc) is 2.72. The zero-order valence-corrected chi connectivity index (χ0v) is 10.4. The van der Waals surface area contributed by atoms with Crippen molar-refractivity contribution < 1.29 is 13.6 Å². The minimum absolute atomic E-state index is 0.0205. The number of nitrogens with one attached hydrogen (secondary N) is 1. The van der Waals surface area contributed by atoms with Crippen molar-refractivity contribution in [1.82, 2.24) is 14.3 Å². The van der Waals surface area contributed by atoms with E-state index in [1.807, 2.05) is 0 Å². The van der Waals surface area contributed by atoms with Crippen molar-refractivity contribution in [3.8, 4) is 0 Å². The molecule has 0 aliphatic heterocycles. The van der Waals surface area contributed by atoms with E-state index in [4.69, 9.17) is 10.9 Å². The molecule has 0 saturated carbocycles. The van der Waals surface area contributed by atoms with E-state index in [1.54, 1.807) is 6.92 Å². The minimum Gasteiger partial charge on any atom is -0.409 e. The van der Waals surface area contributed by atoms with Gasteiger partial charge in [-0.2, -0.15) is 4.31 Å². The van der Waals surface area contributed by atoms with Gasteiger partial charge in [0.2, 0.25) is 0 Å². The molecule has 0 aromatic carbocycles. The van der Waals surface area contributed by atoms with Crippen LogP contribution >= 0.6 is 0 Å². The third-order valence-electron chi connectivity index (χ3n) is 2.18. The maximum atomic E-state index is 12.0. The van der Waals surface area contributed by atoms with Crippen LogP contribution in [0.3, 0.4) is 0 Å². The molecule has 4 N–H and O–H groups in total. The number of aryl methyl sites for hydroxylation is 1. The molecule has 9 heteroatoms. The van der Waals surface area contributed by atoms with Gasteiger partial charge in [0.05, 0.1) is 6.20 Å². The summed E-state index contributed by atoms with van der Waals surface area (Å²) < 4.78 is 25.0. The van der Waals surface area contributed by atoms with Crippen molar-refractivity contribution in [3.05, 3.63) is 12.0 Å². The summed E-state index contributed by atoms with van der Waals surface area (Å²) in [5.74, 6) is 0.501. The van der Waals surface area contributed by atoms with Crippen LogP contribution in [0.4, 0.5) is 0 Å². The number of H-pyrrole nitrogens is 1. The molecule has 8 nitrogen and oxygen atoms in total. The predicted molar refractivity (Wildman–Crippen MR) is 61.2 cm³/mol. The fraction of sp³-hybridized carbons (Fsp3) is 0.500. The van der Waals surface area contributed by atoms with Crippen molar-refractivity contribution >= 4 is 15.9 Å². The lowest BCUT2D eigenvalue weighted by atomic mass is 10.4. The summed E-state index contributed by atoms with van der Waals surface area (Å²) in [7, 11) is -2.19. The minimum atomic E-state index is -3.60. The summed E-state index contributed by atoms with van der Waals surface area (Å²) >= 11 is 0. The highest BCUT2D eigenvalue weighted by atomic mass is 32.2. The quantitative estimate of drug-likeness (QED) is 0.284. The Labute approximate surface area is 99.2 Å². The fourth-order valence-corrected chi connectivity index (χ4v) is 2.27. The van der Waals surface area contributed by atoms with Gasteiger partial charge in [0.1, 0.15) is 11.7 Å². The molecule has 1 rings (SSSR count). The first-order valence-electron chi connectivity index (χ1n) is 4.82. The fourth-order valence-electron chi connectivity index (χ4n) is 1.14. The van der Waals surface area contributed by atoms with Gasteiger partial charge in [-0.3, -0.25) is 0 Å². The molecule has 1 aromatic rings. The summed E-state index contributed by atoms with van der Waals surface area (Å²) in [6.45, 7) is 1.78. The number of hydrogen-bond donors (Lipinski definition) is 3. The molecule has 0 atom stereocenters. The summed E-state index contributed by atoms with van der Waals surface area (Å²) in [6, 6.07) is 0. The Balaban J connectivity index is 2.78. The van der Waals surface area contributed by atoms with E-state index in [-0.39, 0.29) is 23.8 Å². The van der Waals surface area contributed by atoms with Gasteiger partial charge in [-0.1, -0.05) is 5.16 Å². The van der Waals surface area contributed by atoms with Crippen LogP contribution in [0.15, 0.2) is 16.4 Å². The molecular weight excluding hydrogens is 246 g/mol. The molecule has 0 unspecified atom stereocenters. The van der Waals surface area contributed by atoms with E-state index in [9.17, 15) is 8.42 Å². The monoisotopic (exact) mass is 261 g/mol. The van der Waals surface area contributed by atoms with Crippen LogP contribution in [0.25, 0.3) is 0 Å². The van der Waals surface area contributed by atoms with Crippen molar-refractivity contribution in [3.63, 3.8) is 0 Å². The zero-order valence-electron chi connectivity index (χ0n) is 9.58. The first kappa shape index (κ1) is 13.5. The number of imidazole rings is 1. The lowest BCUT2D eigenvalue weighted by Gasteiger charge is -2.15. The Bertz CT molecular complexity index is 507. The maximum Gasteiger partial charge on any atom is 0.259 e. The molecule has 1 aromatic heterocycles. The van der Waals surface area contributed by atoms with Crippen LogP contribution in [0.2, 0.25) is 0 Å². The lowest BCUT2D eigenvalue weighted by Crippen LogP contribution is -2.30. The number of sulfonamides is 1. The van der Waals surface area contributed by atoms with Crippen molar-refractivity contribution in [2.75, 3.05) is 13.6 Å². The van der Waals surface area contributed by atoms with Crippen LogP contribution in [0.5, 0.6) is 0 Å². The third-order valence-corrected chi connectivity index (χ3v) is 3.95. The Morgan fingerprint density at radius 1 is 1.71 bits per heavy atom. The normalized spacial score (nSPS) is 13.2. The second-order valence-corrected chi connectivity index (χ2v) is 5.51. The summed E-state index contributed by atoms with van der Waals surface area (Å²) in [5.41, 5.74) is 5.27. The summed E-state index contributed by atoms with van der Waals surface area (Å²) in [6.07, 6.45) is 1.41. The maximum absolute atomic E-state index is 12.0. The van der Waals surface area contributed by atoms with Gasteiger partial charge in [0, 0.05) is 20.0 Å². The Morgan fingerprint density at radius 3 is 2.82 bits per heavy atom. The van der Waals surface area contributed by atoms with E-state index in [1.165, 1.54) is 13.2 Å². The van der Waals surface area contributed by atoms with Crippen LogP contribution in [0, 0.1) is 6.92 Å². The number of aromatic nitrogens is 2. The van der Waals surface area contributed by atoms with E-state index in [0.29, 0.717) is 5.82 Å². The largest absolute Gasteiger partial charge is 0.409 e. The van der Waals surface area contributed by atoms with E-state index in [0.717, 1.165) is 4.31 Å². The number of nitrogens with two attached hydrogens (primary N) is 1. The molecule has 0 spiro atoms. The number of hydrogen-bond acceptors (Lipinski definition) is 5. The molecular formula is C8H15N5O3S. The molecule has 0 aliphatic carbocycles. The average molecular weight is 261 g/mol. The third kappa shape index (κ3) is 3.17. The molecule has 0 fully saturated rings. The Hall–Kier alpha value is -1.61. The number of amidine groups is 1. The van der Waals surface area contributed by atoms with Gasteiger partial charge in [-0.05, 0) is 6.92 Å². The molecule has 1 heterocycles. The first-order chi connectivity index (χ1) is 7.87. The lowest BCUT2D eigenvalue weighted by molar-refractivity contribution is 0.316. The number of nitrogens with zero attached hydrogens (tertiary/aromatic N) is 3. The van der Waals surface area contributed by atoms with Gasteiger partial charge in [-0.25, -0.2) is 13.4 Å². The van der Waals surface area contributed by atoms with E-state index in [2.05, 4.69) is 15.1 Å². The topological polar surface area (TPSA) is 125 Å². The molecule has 96 valence electrons. The number of aromatic amines is 1. The molecule has 0 saturated heterocycles. The van der Waals surface area contributed by atoms with Gasteiger partial charge < -0.3 is 15.9 Å². The number of oxime groups is 1. The second-order valence-electron chi connectivity index (χ2n) is 3.50. The highest BCUT2D eigenvalue weighted by Crippen LogP contribution is 2.11.